The summed E-state index contributed by atoms with van der Waals surface area (Å²) in [6.45, 7) is 1.97. The largest absolute Gasteiger partial charge is 0.462 e. The highest BCUT2D eigenvalue weighted by molar-refractivity contribution is 5.80. The summed E-state index contributed by atoms with van der Waals surface area (Å²) in [7, 11) is 0. The second-order valence-electron chi connectivity index (χ2n) is 9.19. The van der Waals surface area contributed by atoms with Crippen LogP contribution in [0.4, 0.5) is 4.39 Å². The van der Waals surface area contributed by atoms with Crippen LogP contribution in [0.15, 0.2) is 48.7 Å². The van der Waals surface area contributed by atoms with Gasteiger partial charge in [-0.2, -0.15) is 0 Å². The number of ether oxygens (including phenoxy) is 1. The summed E-state index contributed by atoms with van der Waals surface area (Å²) in [6.07, 6.45) is 8.70. The molecule has 1 aliphatic heterocycles. The third-order valence-electron chi connectivity index (χ3n) is 7.40. The number of benzene rings is 1. The Balaban J connectivity index is 1.41. The molecule has 2 heterocycles. The standard InChI is InChI=1S/C26H26FNO3/c1-15-25-22(23-13-21(29)9-6-17(23)12-24(25)26(30)31-15)10-8-20-7-5-18(14-28-20)16-3-2-4-19(27)11-16/h2-5,7-8,10-11,14-15,17,22-25H,6,9,12-13H2,1H3/t15-,17+,22+,23-,24-,25+/m1/s1. The van der Waals surface area contributed by atoms with Gasteiger partial charge in [-0.1, -0.05) is 24.3 Å². The van der Waals surface area contributed by atoms with E-state index in [4.69, 9.17) is 4.74 Å². The third-order valence-corrected chi connectivity index (χ3v) is 7.40. The number of ketones is 1. The topological polar surface area (TPSA) is 56.3 Å². The Labute approximate surface area is 181 Å². The van der Waals surface area contributed by atoms with Crippen LogP contribution >= 0.6 is 0 Å². The zero-order chi connectivity index (χ0) is 21.5. The Morgan fingerprint density at radius 1 is 1.16 bits per heavy atom. The summed E-state index contributed by atoms with van der Waals surface area (Å²) < 4.78 is 19.1. The predicted octanol–water partition coefficient (Wildman–Crippen LogP) is 5.08. The van der Waals surface area contributed by atoms with Gasteiger partial charge < -0.3 is 4.74 Å². The van der Waals surface area contributed by atoms with Gasteiger partial charge in [-0.15, -0.1) is 0 Å². The molecule has 1 saturated heterocycles. The number of halogens is 1. The lowest BCUT2D eigenvalue weighted by Crippen LogP contribution is -2.44. The van der Waals surface area contributed by atoms with Crippen LogP contribution in [0.25, 0.3) is 17.2 Å². The SMILES string of the molecule is C[C@H]1OC(=O)[C@@H]2C[C@@H]3CCC(=O)C[C@H]3[C@H](C=Cc3ccc(-c4cccc(F)c4)cn3)[C@H]12. The van der Waals surface area contributed by atoms with Crippen molar-refractivity contribution in [2.75, 3.05) is 0 Å². The molecule has 160 valence electrons. The summed E-state index contributed by atoms with van der Waals surface area (Å²) in [6, 6.07) is 10.3. The van der Waals surface area contributed by atoms with Gasteiger partial charge in [-0.3, -0.25) is 14.6 Å². The normalized spacial score (nSPS) is 32.6. The molecular weight excluding hydrogens is 393 g/mol. The Morgan fingerprint density at radius 2 is 2.03 bits per heavy atom. The molecule has 0 unspecified atom stereocenters. The lowest BCUT2D eigenvalue weighted by atomic mass is 9.57. The van der Waals surface area contributed by atoms with E-state index in [1.807, 2.05) is 31.2 Å². The molecule has 5 heteroatoms. The second kappa shape index (κ2) is 8.03. The van der Waals surface area contributed by atoms with E-state index in [9.17, 15) is 14.0 Å². The maximum atomic E-state index is 13.5. The molecule has 5 rings (SSSR count). The van der Waals surface area contributed by atoms with Crippen molar-refractivity contribution in [2.45, 2.75) is 38.7 Å². The number of hydrogen-bond acceptors (Lipinski definition) is 4. The van der Waals surface area contributed by atoms with Gasteiger partial charge in [0, 0.05) is 30.5 Å². The highest BCUT2D eigenvalue weighted by Crippen LogP contribution is 2.53. The third kappa shape index (κ3) is 3.82. The van der Waals surface area contributed by atoms with Gasteiger partial charge in [0.25, 0.3) is 0 Å². The number of fused-ring (bicyclic) bond motifs is 2. The molecule has 3 fully saturated rings. The lowest BCUT2D eigenvalue weighted by Gasteiger charge is -2.45. The van der Waals surface area contributed by atoms with Gasteiger partial charge >= 0.3 is 5.97 Å². The lowest BCUT2D eigenvalue weighted by molar-refractivity contribution is -0.144. The van der Waals surface area contributed by atoms with Crippen LogP contribution in [0, 0.1) is 35.4 Å². The van der Waals surface area contributed by atoms with Crippen molar-refractivity contribution in [1.82, 2.24) is 4.98 Å². The summed E-state index contributed by atoms with van der Waals surface area (Å²) in [5, 5.41) is 0. The average Bonchev–Trinajstić information content (AvgIpc) is 3.05. The number of Topliss-reactive ketones (excluding diaryl/α,β-unsaturated/α-hetero) is 1. The number of cyclic esters (lactones) is 1. The number of nitrogens with zero attached hydrogens (tertiary/aromatic N) is 1. The number of carbonyl (C=O) groups is 2. The van der Waals surface area contributed by atoms with Crippen molar-refractivity contribution >= 4 is 17.8 Å². The zero-order valence-electron chi connectivity index (χ0n) is 17.5. The fourth-order valence-electron chi connectivity index (χ4n) is 5.94. The van der Waals surface area contributed by atoms with Crippen molar-refractivity contribution in [2.24, 2.45) is 29.6 Å². The summed E-state index contributed by atoms with van der Waals surface area (Å²) >= 11 is 0. The first-order chi connectivity index (χ1) is 15.0. The van der Waals surface area contributed by atoms with E-state index in [1.165, 1.54) is 12.1 Å². The van der Waals surface area contributed by atoms with Gasteiger partial charge in [-0.05, 0) is 67.4 Å². The molecule has 0 N–H and O–H groups in total. The predicted molar refractivity (Wildman–Crippen MR) is 115 cm³/mol. The Hall–Kier alpha value is -2.82. The van der Waals surface area contributed by atoms with E-state index in [0.29, 0.717) is 24.5 Å². The average molecular weight is 419 g/mol. The van der Waals surface area contributed by atoms with E-state index in [1.54, 1.807) is 12.3 Å². The minimum absolute atomic E-state index is 0.0672. The van der Waals surface area contributed by atoms with E-state index < -0.39 is 0 Å². The maximum Gasteiger partial charge on any atom is 0.309 e. The molecule has 2 aliphatic carbocycles. The fraction of sp³-hybridized carbons (Fsp3) is 0.423. The molecule has 3 aliphatic rings. The molecule has 0 bridgehead atoms. The molecule has 0 radical (unpaired) electrons. The van der Waals surface area contributed by atoms with Crippen molar-refractivity contribution in [3.63, 3.8) is 0 Å². The van der Waals surface area contributed by atoms with Gasteiger partial charge in [0.15, 0.2) is 0 Å². The molecule has 2 saturated carbocycles. The van der Waals surface area contributed by atoms with Crippen molar-refractivity contribution in [3.05, 3.63) is 60.2 Å². The number of esters is 1. The van der Waals surface area contributed by atoms with E-state index in [2.05, 4.69) is 11.1 Å². The molecule has 31 heavy (non-hydrogen) atoms. The van der Waals surface area contributed by atoms with Crippen molar-refractivity contribution in [1.29, 1.82) is 0 Å². The zero-order valence-corrected chi connectivity index (χ0v) is 17.5. The summed E-state index contributed by atoms with van der Waals surface area (Å²) in [4.78, 5) is 29.2. The number of pyridine rings is 1. The van der Waals surface area contributed by atoms with Gasteiger partial charge in [-0.25, -0.2) is 4.39 Å². The monoisotopic (exact) mass is 419 g/mol. The number of aromatic nitrogens is 1. The van der Waals surface area contributed by atoms with Crippen LogP contribution in [0.5, 0.6) is 0 Å². The molecule has 1 aromatic carbocycles. The first kappa shape index (κ1) is 20.1. The molecule has 0 spiro atoms. The van der Waals surface area contributed by atoms with Crippen LogP contribution in [-0.4, -0.2) is 22.8 Å². The smallest absolute Gasteiger partial charge is 0.309 e. The Morgan fingerprint density at radius 3 is 2.81 bits per heavy atom. The van der Waals surface area contributed by atoms with Gasteiger partial charge in [0.1, 0.15) is 17.7 Å². The fourth-order valence-corrected chi connectivity index (χ4v) is 5.94. The van der Waals surface area contributed by atoms with Crippen molar-refractivity contribution in [3.8, 4) is 11.1 Å². The van der Waals surface area contributed by atoms with E-state index in [0.717, 1.165) is 29.7 Å². The molecule has 2 aromatic rings. The number of rotatable bonds is 3. The quantitative estimate of drug-likeness (QED) is 0.651. The molecule has 1 aromatic heterocycles. The first-order valence-electron chi connectivity index (χ1n) is 11.1. The van der Waals surface area contributed by atoms with Gasteiger partial charge in [0.05, 0.1) is 11.6 Å². The number of carbonyl (C=O) groups excluding carboxylic acids is 2. The van der Waals surface area contributed by atoms with Crippen LogP contribution in [0.1, 0.15) is 38.3 Å². The van der Waals surface area contributed by atoms with Crippen LogP contribution in [0.3, 0.4) is 0 Å². The molecule has 4 nitrogen and oxygen atoms in total. The second-order valence-corrected chi connectivity index (χ2v) is 9.19. The number of hydrogen-bond donors (Lipinski definition) is 0. The van der Waals surface area contributed by atoms with E-state index >= 15 is 0 Å². The van der Waals surface area contributed by atoms with Crippen LogP contribution in [0.2, 0.25) is 0 Å². The first-order valence-corrected chi connectivity index (χ1v) is 11.1. The minimum atomic E-state index is -0.271. The van der Waals surface area contributed by atoms with E-state index in [-0.39, 0.29) is 41.6 Å². The molecular formula is C26H26FNO3. The molecule has 0 amide bonds. The van der Waals surface area contributed by atoms with Crippen LogP contribution < -0.4 is 0 Å². The summed E-state index contributed by atoms with van der Waals surface area (Å²) in [5.74, 6) is 0.811. The Bertz CT molecular complexity index is 1030. The minimum Gasteiger partial charge on any atom is -0.462 e. The van der Waals surface area contributed by atoms with Crippen molar-refractivity contribution < 1.29 is 18.7 Å². The Kier molecular flexibility index (Phi) is 5.20. The van der Waals surface area contributed by atoms with Crippen LogP contribution in [-0.2, 0) is 14.3 Å². The number of allylic oxidation sites excluding steroid dienone is 1. The summed E-state index contributed by atoms with van der Waals surface area (Å²) in [5.41, 5.74) is 2.45. The molecule has 6 atom stereocenters. The highest BCUT2D eigenvalue weighted by Gasteiger charge is 2.54. The van der Waals surface area contributed by atoms with Gasteiger partial charge in [0.2, 0.25) is 0 Å². The maximum absolute atomic E-state index is 13.5. The highest BCUT2D eigenvalue weighted by atomic mass is 19.1.